The lowest BCUT2D eigenvalue weighted by atomic mass is 10.1. The minimum atomic E-state index is -0.303. The van der Waals surface area contributed by atoms with Crippen LogP contribution in [0.4, 0.5) is 4.79 Å². The first-order chi connectivity index (χ1) is 11.6. The number of imidazole rings is 1. The second-order valence-electron chi connectivity index (χ2n) is 6.20. The summed E-state index contributed by atoms with van der Waals surface area (Å²) in [7, 11) is 1.92. The fourth-order valence-electron chi connectivity index (χ4n) is 3.07. The number of aryl methyl sites for hydroxylation is 1. The van der Waals surface area contributed by atoms with E-state index in [1.54, 1.807) is 6.20 Å². The smallest absolute Gasteiger partial charge is 0.315 e. The average Bonchev–Trinajstić information content (AvgIpc) is 3.25. The fraction of sp³-hybridized carbons (Fsp3) is 0.444. The van der Waals surface area contributed by atoms with Crippen molar-refractivity contribution in [2.45, 2.75) is 38.0 Å². The van der Waals surface area contributed by atoms with Crippen LogP contribution >= 0.6 is 0 Å². The molecule has 1 aliphatic heterocycles. The molecule has 1 aromatic heterocycles. The lowest BCUT2D eigenvalue weighted by Crippen LogP contribution is -2.47. The number of hydrogen-bond acceptors (Lipinski definition) is 3. The molecule has 1 saturated heterocycles. The highest BCUT2D eigenvalue weighted by Gasteiger charge is 2.26. The Morgan fingerprint density at radius 1 is 1.33 bits per heavy atom. The summed E-state index contributed by atoms with van der Waals surface area (Å²) >= 11 is 0. The van der Waals surface area contributed by atoms with Crippen molar-refractivity contribution in [3.05, 3.63) is 54.1 Å². The summed E-state index contributed by atoms with van der Waals surface area (Å²) in [4.78, 5) is 16.9. The largest absolute Gasteiger partial charge is 0.376 e. The van der Waals surface area contributed by atoms with Gasteiger partial charge < -0.3 is 19.9 Å². The van der Waals surface area contributed by atoms with Crippen LogP contribution in [0.25, 0.3) is 0 Å². The highest BCUT2D eigenvalue weighted by molar-refractivity contribution is 5.75. The SMILES string of the molecule is C[C@H](NC(=O)N[C@@H](c1ccccc1)c1nccn1C)[C@H]1CCCO1. The van der Waals surface area contributed by atoms with E-state index in [0.717, 1.165) is 30.8 Å². The van der Waals surface area contributed by atoms with Crippen LogP contribution < -0.4 is 10.6 Å². The van der Waals surface area contributed by atoms with E-state index in [-0.39, 0.29) is 24.2 Å². The molecule has 6 nitrogen and oxygen atoms in total. The van der Waals surface area contributed by atoms with E-state index < -0.39 is 0 Å². The first-order valence-corrected chi connectivity index (χ1v) is 8.36. The van der Waals surface area contributed by atoms with Crippen molar-refractivity contribution < 1.29 is 9.53 Å². The molecule has 2 heterocycles. The normalized spacial score (nSPS) is 19.7. The Kier molecular flexibility index (Phi) is 5.15. The molecule has 0 unspecified atom stereocenters. The zero-order valence-electron chi connectivity index (χ0n) is 14.1. The molecule has 2 aromatic rings. The molecule has 0 saturated carbocycles. The predicted octanol–water partition coefficient (Wildman–Crippen LogP) is 2.38. The molecule has 3 rings (SSSR count). The number of aromatic nitrogens is 2. The number of hydrogen-bond donors (Lipinski definition) is 2. The van der Waals surface area contributed by atoms with Gasteiger partial charge in [-0.2, -0.15) is 0 Å². The summed E-state index contributed by atoms with van der Waals surface area (Å²) in [5, 5.41) is 6.03. The zero-order chi connectivity index (χ0) is 16.9. The number of carbonyl (C=O) groups is 1. The van der Waals surface area contributed by atoms with Gasteiger partial charge in [-0.25, -0.2) is 9.78 Å². The molecule has 24 heavy (non-hydrogen) atoms. The maximum atomic E-state index is 12.5. The third-order valence-electron chi connectivity index (χ3n) is 4.41. The molecule has 1 aliphatic rings. The van der Waals surface area contributed by atoms with Crippen molar-refractivity contribution in [3.63, 3.8) is 0 Å². The Labute approximate surface area is 142 Å². The van der Waals surface area contributed by atoms with Crippen molar-refractivity contribution >= 4 is 6.03 Å². The monoisotopic (exact) mass is 328 g/mol. The van der Waals surface area contributed by atoms with Crippen molar-refractivity contribution in [3.8, 4) is 0 Å². The molecule has 1 fully saturated rings. The Bertz CT molecular complexity index is 665. The predicted molar refractivity (Wildman–Crippen MR) is 91.6 cm³/mol. The molecule has 3 atom stereocenters. The zero-order valence-corrected chi connectivity index (χ0v) is 14.1. The van der Waals surface area contributed by atoms with Gasteiger partial charge in [0.15, 0.2) is 0 Å². The number of urea groups is 1. The summed E-state index contributed by atoms with van der Waals surface area (Å²) in [6, 6.07) is 9.31. The lowest BCUT2D eigenvalue weighted by Gasteiger charge is -2.23. The molecular weight excluding hydrogens is 304 g/mol. The topological polar surface area (TPSA) is 68.2 Å². The van der Waals surface area contributed by atoms with Crippen LogP contribution in [0.2, 0.25) is 0 Å². The maximum absolute atomic E-state index is 12.5. The van der Waals surface area contributed by atoms with Gasteiger partial charge in [-0.3, -0.25) is 0 Å². The van der Waals surface area contributed by atoms with Crippen LogP contribution in [0.15, 0.2) is 42.7 Å². The number of rotatable bonds is 5. The van der Waals surface area contributed by atoms with E-state index in [1.165, 1.54) is 0 Å². The van der Waals surface area contributed by atoms with Crippen LogP contribution in [0.1, 0.15) is 37.2 Å². The van der Waals surface area contributed by atoms with Crippen molar-refractivity contribution in [2.75, 3.05) is 6.61 Å². The standard InChI is InChI=1S/C18H24N4O2/c1-13(15-9-6-12-24-15)20-18(23)21-16(14-7-4-3-5-8-14)17-19-10-11-22(17)2/h3-5,7-8,10-11,13,15-16H,6,9,12H2,1-2H3,(H2,20,21,23)/t13-,15+,16-/m0/s1. The lowest BCUT2D eigenvalue weighted by molar-refractivity contribution is 0.0859. The minimum Gasteiger partial charge on any atom is -0.376 e. The number of carbonyl (C=O) groups excluding carboxylic acids is 1. The highest BCUT2D eigenvalue weighted by Crippen LogP contribution is 2.20. The fourth-order valence-corrected chi connectivity index (χ4v) is 3.07. The van der Waals surface area contributed by atoms with Crippen molar-refractivity contribution in [1.29, 1.82) is 0 Å². The van der Waals surface area contributed by atoms with Crippen LogP contribution in [-0.4, -0.2) is 34.3 Å². The van der Waals surface area contributed by atoms with E-state index in [9.17, 15) is 4.79 Å². The molecule has 0 bridgehead atoms. The van der Waals surface area contributed by atoms with Gasteiger partial charge >= 0.3 is 6.03 Å². The third kappa shape index (κ3) is 3.76. The molecule has 128 valence electrons. The summed E-state index contributed by atoms with van der Waals surface area (Å²) in [5.74, 6) is 0.793. The number of benzene rings is 1. The second-order valence-corrected chi connectivity index (χ2v) is 6.20. The van der Waals surface area contributed by atoms with Gasteiger partial charge in [0.1, 0.15) is 11.9 Å². The van der Waals surface area contributed by atoms with Crippen LogP contribution in [0, 0.1) is 0 Å². The molecule has 6 heteroatoms. The van der Waals surface area contributed by atoms with Gasteiger partial charge in [-0.1, -0.05) is 30.3 Å². The summed E-state index contributed by atoms with van der Waals surface area (Å²) in [6.07, 6.45) is 5.75. The van der Waals surface area contributed by atoms with E-state index in [2.05, 4.69) is 15.6 Å². The quantitative estimate of drug-likeness (QED) is 0.885. The number of amides is 2. The van der Waals surface area contributed by atoms with Gasteiger partial charge in [0.25, 0.3) is 0 Å². The van der Waals surface area contributed by atoms with E-state index in [1.807, 2.05) is 55.1 Å². The van der Waals surface area contributed by atoms with Gasteiger partial charge in [0.2, 0.25) is 0 Å². The van der Waals surface area contributed by atoms with E-state index in [4.69, 9.17) is 4.74 Å². The van der Waals surface area contributed by atoms with Gasteiger partial charge in [-0.05, 0) is 25.3 Å². The second kappa shape index (κ2) is 7.49. The van der Waals surface area contributed by atoms with Crippen molar-refractivity contribution in [2.24, 2.45) is 7.05 Å². The molecule has 0 radical (unpaired) electrons. The number of nitrogens with zero attached hydrogens (tertiary/aromatic N) is 2. The van der Waals surface area contributed by atoms with E-state index >= 15 is 0 Å². The summed E-state index contributed by atoms with van der Waals surface area (Å²) < 4.78 is 7.56. The Morgan fingerprint density at radius 2 is 2.12 bits per heavy atom. The molecule has 2 amide bonds. The Hall–Kier alpha value is -2.34. The number of nitrogens with one attached hydrogen (secondary N) is 2. The minimum absolute atomic E-state index is 0.0229. The Balaban J connectivity index is 1.72. The molecule has 0 spiro atoms. The molecule has 2 N–H and O–H groups in total. The summed E-state index contributed by atoms with van der Waals surface area (Å²) in [5.41, 5.74) is 0.992. The average molecular weight is 328 g/mol. The highest BCUT2D eigenvalue weighted by atomic mass is 16.5. The number of ether oxygens (including phenoxy) is 1. The van der Waals surface area contributed by atoms with Crippen LogP contribution in [-0.2, 0) is 11.8 Å². The van der Waals surface area contributed by atoms with E-state index in [0.29, 0.717) is 0 Å². The Morgan fingerprint density at radius 3 is 2.75 bits per heavy atom. The maximum Gasteiger partial charge on any atom is 0.315 e. The van der Waals surface area contributed by atoms with Crippen LogP contribution in [0.3, 0.4) is 0 Å². The third-order valence-corrected chi connectivity index (χ3v) is 4.41. The first kappa shape index (κ1) is 16.5. The van der Waals surface area contributed by atoms with Gasteiger partial charge in [-0.15, -0.1) is 0 Å². The molecular formula is C18H24N4O2. The molecule has 1 aromatic carbocycles. The van der Waals surface area contributed by atoms with Crippen molar-refractivity contribution in [1.82, 2.24) is 20.2 Å². The molecule has 0 aliphatic carbocycles. The van der Waals surface area contributed by atoms with Gasteiger partial charge in [0, 0.05) is 26.0 Å². The first-order valence-electron chi connectivity index (χ1n) is 8.36. The summed E-state index contributed by atoms with van der Waals surface area (Å²) in [6.45, 7) is 2.76. The van der Waals surface area contributed by atoms with Gasteiger partial charge in [0.05, 0.1) is 12.1 Å². The van der Waals surface area contributed by atoms with Crippen LogP contribution in [0.5, 0.6) is 0 Å².